The predicted octanol–water partition coefficient (Wildman–Crippen LogP) is 2.61. The molecule has 6 nitrogen and oxygen atoms in total. The molecule has 0 radical (unpaired) electrons. The zero-order chi connectivity index (χ0) is 18.1. The quantitative estimate of drug-likeness (QED) is 0.469. The van der Waals surface area contributed by atoms with Gasteiger partial charge in [0.2, 0.25) is 0 Å². The third-order valence-corrected chi connectivity index (χ3v) is 3.49. The van der Waals surface area contributed by atoms with Crippen LogP contribution in [0.1, 0.15) is 0 Å². The number of anilines is 1. The molecule has 0 aromatic heterocycles. The zero-order valence-electron chi connectivity index (χ0n) is 12.9. The van der Waals surface area contributed by atoms with Gasteiger partial charge in [0.05, 0.1) is 5.02 Å². The Hall–Kier alpha value is -2.42. The number of carbonyl (C=O) groups excluding carboxylic acids is 1. The molecule has 2 rings (SSSR count). The third-order valence-electron chi connectivity index (χ3n) is 2.77. The van der Waals surface area contributed by atoms with Crippen molar-refractivity contribution in [2.45, 2.75) is 0 Å². The summed E-state index contributed by atoms with van der Waals surface area (Å²) in [6.07, 6.45) is 0. The molecule has 0 aliphatic carbocycles. The van der Waals surface area contributed by atoms with Crippen LogP contribution in [0.25, 0.3) is 0 Å². The normalized spacial score (nSPS) is 9.64. The molecular weight excluding hydrogens is 380 g/mol. The van der Waals surface area contributed by atoms with Crippen LogP contribution < -0.4 is 26.2 Å². The van der Waals surface area contributed by atoms with E-state index in [-0.39, 0.29) is 11.7 Å². The number of rotatable bonds is 4. The number of carbonyl (C=O) groups is 1. The fourth-order valence-electron chi connectivity index (χ4n) is 1.70. The van der Waals surface area contributed by atoms with Crippen LogP contribution in [0.4, 0.5) is 5.69 Å². The van der Waals surface area contributed by atoms with Crippen molar-refractivity contribution >= 4 is 57.9 Å². The van der Waals surface area contributed by atoms with Crippen LogP contribution in [-0.2, 0) is 4.79 Å². The highest BCUT2D eigenvalue weighted by atomic mass is 35.5. The highest BCUT2D eigenvalue weighted by Gasteiger charge is 2.07. The zero-order valence-corrected chi connectivity index (χ0v) is 15.3. The molecule has 0 saturated carbocycles. The first-order chi connectivity index (χ1) is 12.0. The Morgan fingerprint density at radius 3 is 2.32 bits per heavy atom. The minimum atomic E-state index is -0.429. The molecule has 0 aliphatic rings. The molecule has 9 heteroatoms. The van der Waals surface area contributed by atoms with Gasteiger partial charge in [-0.05, 0) is 48.7 Å². The Bertz CT molecular complexity index is 759. The van der Waals surface area contributed by atoms with Crippen molar-refractivity contribution in [2.75, 3.05) is 11.9 Å². The molecule has 0 unspecified atom stereocenters. The largest absolute Gasteiger partial charge is 0.482 e. The van der Waals surface area contributed by atoms with E-state index in [0.29, 0.717) is 15.9 Å². The van der Waals surface area contributed by atoms with Crippen molar-refractivity contribution in [1.82, 2.24) is 16.2 Å². The second kappa shape index (κ2) is 9.77. The molecule has 25 heavy (non-hydrogen) atoms. The van der Waals surface area contributed by atoms with Gasteiger partial charge in [-0.15, -0.1) is 0 Å². The highest BCUT2D eigenvalue weighted by Crippen LogP contribution is 2.22. The van der Waals surface area contributed by atoms with Crippen LogP contribution in [0, 0.1) is 0 Å². The maximum absolute atomic E-state index is 11.8. The lowest BCUT2D eigenvalue weighted by atomic mass is 10.3. The summed E-state index contributed by atoms with van der Waals surface area (Å²) in [6, 6.07) is 16.2. The van der Waals surface area contributed by atoms with Gasteiger partial charge in [0, 0.05) is 5.69 Å². The van der Waals surface area contributed by atoms with E-state index < -0.39 is 5.91 Å². The molecule has 0 aliphatic heterocycles. The molecule has 1 amide bonds. The minimum Gasteiger partial charge on any atom is -0.482 e. The van der Waals surface area contributed by atoms with Crippen molar-refractivity contribution in [3.05, 3.63) is 59.6 Å². The molecule has 0 heterocycles. The van der Waals surface area contributed by atoms with E-state index in [1.165, 1.54) is 0 Å². The van der Waals surface area contributed by atoms with E-state index in [1.54, 1.807) is 24.3 Å². The maximum atomic E-state index is 11.8. The summed E-state index contributed by atoms with van der Waals surface area (Å²) in [5, 5.41) is 6.19. The molecule has 2 aromatic rings. The van der Waals surface area contributed by atoms with Gasteiger partial charge in [0.25, 0.3) is 5.91 Å². The van der Waals surface area contributed by atoms with Crippen molar-refractivity contribution < 1.29 is 9.53 Å². The summed E-state index contributed by atoms with van der Waals surface area (Å²) >= 11 is 16.0. The average Bonchev–Trinajstić information content (AvgIpc) is 2.60. The number of halogens is 1. The number of thiocarbonyl (C=S) groups is 2. The summed E-state index contributed by atoms with van der Waals surface area (Å²) in [4.78, 5) is 11.8. The standard InChI is InChI=1S/C16H15ClN4O2S2/c17-12-8-4-5-9-13(12)23-10-14(22)19-16(25)21-20-15(24)18-11-6-2-1-3-7-11/h1-9H,10H2,(H2,18,20,24)(H2,19,21,22,25). The van der Waals surface area contributed by atoms with Crippen LogP contribution in [-0.4, -0.2) is 22.7 Å². The van der Waals surface area contributed by atoms with Gasteiger partial charge in [0.15, 0.2) is 16.8 Å². The van der Waals surface area contributed by atoms with Crippen molar-refractivity contribution in [2.24, 2.45) is 0 Å². The van der Waals surface area contributed by atoms with Crippen LogP contribution in [0.2, 0.25) is 5.02 Å². The van der Waals surface area contributed by atoms with Crippen LogP contribution in [0.5, 0.6) is 5.75 Å². The number of amides is 1. The number of hydrogen-bond donors (Lipinski definition) is 4. The van der Waals surface area contributed by atoms with Crippen LogP contribution in [0.3, 0.4) is 0 Å². The smallest absolute Gasteiger partial charge is 0.264 e. The number of hydrogen-bond acceptors (Lipinski definition) is 4. The molecule has 130 valence electrons. The van der Waals surface area contributed by atoms with E-state index in [0.717, 1.165) is 5.69 Å². The number of ether oxygens (including phenoxy) is 1. The average molecular weight is 395 g/mol. The van der Waals surface area contributed by atoms with E-state index in [9.17, 15) is 4.79 Å². The summed E-state index contributed by atoms with van der Waals surface area (Å²) in [5.41, 5.74) is 6.10. The van der Waals surface area contributed by atoms with Crippen molar-refractivity contribution in [3.63, 3.8) is 0 Å². The molecule has 2 aromatic carbocycles. The topological polar surface area (TPSA) is 74.4 Å². The summed E-state index contributed by atoms with van der Waals surface area (Å²) in [6.45, 7) is -0.224. The Morgan fingerprint density at radius 1 is 0.960 bits per heavy atom. The van der Waals surface area contributed by atoms with Gasteiger partial charge in [0.1, 0.15) is 5.75 Å². The van der Waals surface area contributed by atoms with Crippen molar-refractivity contribution in [1.29, 1.82) is 0 Å². The number of para-hydroxylation sites is 2. The number of hydrazine groups is 1. The van der Waals surface area contributed by atoms with Gasteiger partial charge in [-0.2, -0.15) is 0 Å². The summed E-state index contributed by atoms with van der Waals surface area (Å²) in [5.74, 6) is -0.00860. The minimum absolute atomic E-state index is 0.0602. The molecular formula is C16H15ClN4O2S2. The van der Waals surface area contributed by atoms with Gasteiger partial charge < -0.3 is 10.1 Å². The predicted molar refractivity (Wildman–Crippen MR) is 107 cm³/mol. The molecule has 0 bridgehead atoms. The first-order valence-electron chi connectivity index (χ1n) is 7.14. The first kappa shape index (κ1) is 18.9. The first-order valence-corrected chi connectivity index (χ1v) is 8.33. The lowest BCUT2D eigenvalue weighted by molar-refractivity contribution is -0.121. The van der Waals surface area contributed by atoms with E-state index >= 15 is 0 Å². The summed E-state index contributed by atoms with van der Waals surface area (Å²) in [7, 11) is 0. The SMILES string of the molecule is O=C(COc1ccccc1Cl)NC(=S)NNC(=S)Nc1ccccc1. The van der Waals surface area contributed by atoms with E-state index in [2.05, 4.69) is 21.5 Å². The Balaban J connectivity index is 1.68. The molecule has 0 atom stereocenters. The van der Waals surface area contributed by atoms with Crippen LogP contribution >= 0.6 is 36.0 Å². The molecule has 4 N–H and O–H groups in total. The van der Waals surface area contributed by atoms with Gasteiger partial charge in [-0.25, -0.2) is 0 Å². The lowest BCUT2D eigenvalue weighted by Gasteiger charge is -2.14. The number of benzene rings is 2. The monoisotopic (exact) mass is 394 g/mol. The Morgan fingerprint density at radius 2 is 1.60 bits per heavy atom. The highest BCUT2D eigenvalue weighted by molar-refractivity contribution is 7.80. The maximum Gasteiger partial charge on any atom is 0.264 e. The van der Waals surface area contributed by atoms with Crippen molar-refractivity contribution in [3.8, 4) is 5.75 Å². The van der Waals surface area contributed by atoms with E-state index in [1.807, 2.05) is 30.3 Å². The second-order valence-electron chi connectivity index (χ2n) is 4.67. The fourth-order valence-corrected chi connectivity index (χ4v) is 2.22. The van der Waals surface area contributed by atoms with Crippen LogP contribution in [0.15, 0.2) is 54.6 Å². The fraction of sp³-hybridized carbons (Fsp3) is 0.0625. The van der Waals surface area contributed by atoms with Gasteiger partial charge in [-0.1, -0.05) is 41.9 Å². The molecule has 0 spiro atoms. The van der Waals surface area contributed by atoms with Gasteiger partial charge in [-0.3, -0.25) is 21.0 Å². The lowest BCUT2D eigenvalue weighted by Crippen LogP contribution is -2.50. The van der Waals surface area contributed by atoms with E-state index in [4.69, 9.17) is 40.8 Å². The summed E-state index contributed by atoms with van der Waals surface area (Å²) < 4.78 is 5.31. The Labute approximate surface area is 160 Å². The number of nitrogens with one attached hydrogen (secondary N) is 4. The van der Waals surface area contributed by atoms with Gasteiger partial charge >= 0.3 is 0 Å². The molecule has 0 fully saturated rings. The Kier molecular flexibility index (Phi) is 7.39. The second-order valence-corrected chi connectivity index (χ2v) is 5.89. The third kappa shape index (κ3) is 6.92. The molecule has 0 saturated heterocycles.